The molecule has 1 fully saturated rings. The van der Waals surface area contributed by atoms with Gasteiger partial charge in [0.2, 0.25) is 5.91 Å². The van der Waals surface area contributed by atoms with Gasteiger partial charge in [-0.15, -0.1) is 6.42 Å². The first-order valence-electron chi connectivity index (χ1n) is 5.31. The van der Waals surface area contributed by atoms with Gasteiger partial charge in [0.25, 0.3) is 0 Å². The molecule has 1 rings (SSSR count). The van der Waals surface area contributed by atoms with Crippen molar-refractivity contribution in [2.24, 2.45) is 0 Å². The van der Waals surface area contributed by atoms with E-state index in [1.807, 2.05) is 21.6 Å². The van der Waals surface area contributed by atoms with Crippen molar-refractivity contribution in [1.82, 2.24) is 5.32 Å². The Balaban J connectivity index is 1.92. The smallest absolute Gasteiger partial charge is 0.220 e. The van der Waals surface area contributed by atoms with Crippen molar-refractivity contribution in [3.05, 3.63) is 0 Å². The molecule has 0 bridgehead atoms. The Labute approximate surface area is 99.7 Å². The quantitative estimate of drug-likeness (QED) is 0.441. The fraction of sp³-hybridized carbons (Fsp3) is 0.727. The van der Waals surface area contributed by atoms with Gasteiger partial charge in [0.1, 0.15) is 0 Å². The second-order valence-electron chi connectivity index (χ2n) is 3.56. The van der Waals surface area contributed by atoms with Crippen LogP contribution in [0.15, 0.2) is 0 Å². The summed E-state index contributed by atoms with van der Waals surface area (Å²) in [6, 6.07) is 0. The van der Waals surface area contributed by atoms with E-state index in [9.17, 15) is 4.79 Å². The zero-order chi connectivity index (χ0) is 10.9. The maximum absolute atomic E-state index is 11.2. The van der Waals surface area contributed by atoms with E-state index in [1.54, 1.807) is 0 Å². The lowest BCUT2D eigenvalue weighted by Crippen LogP contribution is -2.22. The summed E-state index contributed by atoms with van der Waals surface area (Å²) in [5.74, 6) is 3.77. The van der Waals surface area contributed by atoms with E-state index in [2.05, 4.69) is 11.2 Å². The second-order valence-corrected chi connectivity index (χ2v) is 6.34. The van der Waals surface area contributed by atoms with Crippen LogP contribution in [0.4, 0.5) is 0 Å². The van der Waals surface area contributed by atoms with Gasteiger partial charge in [-0.05, 0) is 19.3 Å². The van der Waals surface area contributed by atoms with Crippen molar-refractivity contribution in [3.8, 4) is 12.3 Å². The minimum absolute atomic E-state index is 0.0846. The summed E-state index contributed by atoms with van der Waals surface area (Å²) < 4.78 is 0. The summed E-state index contributed by atoms with van der Waals surface area (Å²) in [6.07, 6.45) is 10.4. The first kappa shape index (κ1) is 12.8. The molecule has 0 aromatic rings. The number of terminal acetylenes is 1. The van der Waals surface area contributed by atoms with Gasteiger partial charge in [-0.2, -0.15) is 0 Å². The molecule has 1 atom stereocenters. The zero-order valence-electron chi connectivity index (χ0n) is 8.83. The minimum atomic E-state index is 0.0846. The Morgan fingerprint density at radius 1 is 1.53 bits per heavy atom. The van der Waals surface area contributed by atoms with Gasteiger partial charge >= 0.3 is 0 Å². The number of amides is 1. The molecule has 0 saturated carbocycles. The summed E-state index contributed by atoms with van der Waals surface area (Å²) in [6.45, 7) is 0.355. The monoisotopic (exact) mass is 243 g/mol. The lowest BCUT2D eigenvalue weighted by Gasteiger charge is -2.06. The summed E-state index contributed by atoms with van der Waals surface area (Å²) in [5.41, 5.74) is 0. The molecule has 0 aromatic carbocycles. The van der Waals surface area contributed by atoms with Crippen LogP contribution in [0, 0.1) is 12.3 Å². The molecule has 2 nitrogen and oxygen atoms in total. The molecule has 1 amide bonds. The first-order valence-corrected chi connectivity index (χ1v) is 7.69. The first-order chi connectivity index (χ1) is 7.33. The minimum Gasteiger partial charge on any atom is -0.345 e. The van der Waals surface area contributed by atoms with E-state index in [0.29, 0.717) is 13.0 Å². The number of carbonyl (C=O) groups is 1. The molecule has 1 saturated heterocycles. The average molecular weight is 243 g/mol. The lowest BCUT2D eigenvalue weighted by molar-refractivity contribution is -0.120. The molecule has 84 valence electrons. The van der Waals surface area contributed by atoms with E-state index in [-0.39, 0.29) is 5.91 Å². The highest BCUT2D eigenvalue weighted by atomic mass is 33.1. The van der Waals surface area contributed by atoms with Crippen molar-refractivity contribution >= 4 is 27.5 Å². The Morgan fingerprint density at radius 3 is 3.07 bits per heavy atom. The highest BCUT2D eigenvalue weighted by Gasteiger charge is 2.15. The van der Waals surface area contributed by atoms with E-state index in [4.69, 9.17) is 6.42 Å². The molecule has 0 aromatic heterocycles. The summed E-state index contributed by atoms with van der Waals surface area (Å²) in [5, 5.41) is 3.50. The van der Waals surface area contributed by atoms with Crippen LogP contribution in [-0.4, -0.2) is 23.5 Å². The predicted molar refractivity (Wildman–Crippen MR) is 68.8 cm³/mol. The van der Waals surface area contributed by atoms with Crippen LogP contribution in [0.3, 0.4) is 0 Å². The third-order valence-corrected chi connectivity index (χ3v) is 5.30. The molecule has 1 N–H and O–H groups in total. The van der Waals surface area contributed by atoms with Gasteiger partial charge in [-0.1, -0.05) is 33.9 Å². The van der Waals surface area contributed by atoms with Crippen LogP contribution in [0.25, 0.3) is 0 Å². The maximum atomic E-state index is 11.2. The molecule has 1 heterocycles. The second kappa shape index (κ2) is 7.95. The van der Waals surface area contributed by atoms with Gasteiger partial charge in [0, 0.05) is 17.4 Å². The van der Waals surface area contributed by atoms with Gasteiger partial charge in [0.15, 0.2) is 0 Å². The van der Waals surface area contributed by atoms with Gasteiger partial charge < -0.3 is 5.32 Å². The number of rotatable bonds is 6. The molecule has 4 heteroatoms. The molecular formula is C11H17NOS2. The Kier molecular flexibility index (Phi) is 6.78. The number of nitrogens with one attached hydrogen (secondary N) is 1. The standard InChI is InChI=1S/C11H17NOS2/c1-2-8-12-11(13)6-4-3-5-10-7-9-14-15-10/h1,10H,3-9H2,(H,12,13)/t10-/m0/s1. The Hall–Kier alpha value is -0.270. The van der Waals surface area contributed by atoms with E-state index in [1.165, 1.54) is 18.6 Å². The van der Waals surface area contributed by atoms with Crippen LogP contribution in [0.5, 0.6) is 0 Å². The van der Waals surface area contributed by atoms with Gasteiger partial charge in [0.05, 0.1) is 6.54 Å². The third-order valence-electron chi connectivity index (χ3n) is 2.29. The number of unbranched alkanes of at least 4 members (excludes halogenated alkanes) is 1. The molecule has 1 aliphatic rings. The van der Waals surface area contributed by atoms with Crippen LogP contribution in [0.2, 0.25) is 0 Å². The summed E-state index contributed by atoms with van der Waals surface area (Å²) >= 11 is 0. The van der Waals surface area contributed by atoms with Crippen LogP contribution in [-0.2, 0) is 4.79 Å². The molecule has 15 heavy (non-hydrogen) atoms. The highest BCUT2D eigenvalue weighted by molar-refractivity contribution is 8.77. The Bertz CT molecular complexity index is 231. The van der Waals surface area contributed by atoms with Gasteiger partial charge in [-0.3, -0.25) is 4.79 Å². The molecule has 0 spiro atoms. The number of carbonyl (C=O) groups excluding carboxylic acids is 1. The SMILES string of the molecule is C#CCNC(=O)CCCC[C@H]1CCSS1. The number of hydrogen-bond acceptors (Lipinski definition) is 3. The number of hydrogen-bond donors (Lipinski definition) is 1. The van der Waals surface area contributed by atoms with Crippen LogP contribution in [0.1, 0.15) is 32.1 Å². The third kappa shape index (κ3) is 6.01. The normalized spacial score (nSPS) is 19.8. The van der Waals surface area contributed by atoms with Crippen molar-refractivity contribution in [2.75, 3.05) is 12.3 Å². The zero-order valence-corrected chi connectivity index (χ0v) is 10.5. The maximum Gasteiger partial charge on any atom is 0.220 e. The van der Waals surface area contributed by atoms with Gasteiger partial charge in [-0.25, -0.2) is 0 Å². The lowest BCUT2D eigenvalue weighted by atomic mass is 10.1. The summed E-state index contributed by atoms with van der Waals surface area (Å²) in [7, 11) is 3.98. The fourth-order valence-electron chi connectivity index (χ4n) is 1.46. The Morgan fingerprint density at radius 2 is 2.40 bits per heavy atom. The molecule has 1 aliphatic heterocycles. The average Bonchev–Trinajstić information content (AvgIpc) is 2.74. The largest absolute Gasteiger partial charge is 0.345 e. The van der Waals surface area contributed by atoms with Crippen molar-refractivity contribution in [3.63, 3.8) is 0 Å². The van der Waals surface area contributed by atoms with E-state index >= 15 is 0 Å². The summed E-state index contributed by atoms with van der Waals surface area (Å²) in [4.78, 5) is 11.2. The fourth-order valence-corrected chi connectivity index (χ4v) is 4.49. The van der Waals surface area contributed by atoms with Crippen molar-refractivity contribution in [2.45, 2.75) is 37.4 Å². The molecule has 0 unspecified atom stereocenters. The van der Waals surface area contributed by atoms with E-state index in [0.717, 1.165) is 18.1 Å². The van der Waals surface area contributed by atoms with Crippen molar-refractivity contribution < 1.29 is 4.79 Å². The van der Waals surface area contributed by atoms with Crippen LogP contribution < -0.4 is 5.32 Å². The highest BCUT2D eigenvalue weighted by Crippen LogP contribution is 2.39. The topological polar surface area (TPSA) is 29.1 Å². The predicted octanol–water partition coefficient (Wildman–Crippen LogP) is 2.45. The molecule has 0 radical (unpaired) electrons. The molecular weight excluding hydrogens is 226 g/mol. The molecule has 0 aliphatic carbocycles. The van der Waals surface area contributed by atoms with Crippen molar-refractivity contribution in [1.29, 1.82) is 0 Å². The van der Waals surface area contributed by atoms with E-state index < -0.39 is 0 Å². The van der Waals surface area contributed by atoms with Crippen LogP contribution >= 0.6 is 21.6 Å².